The molecule has 0 unspecified atom stereocenters. The monoisotopic (exact) mass is 417 g/mol. The first kappa shape index (κ1) is 20.7. The van der Waals surface area contributed by atoms with Crippen molar-refractivity contribution < 1.29 is 14.3 Å². The van der Waals surface area contributed by atoms with Crippen LogP contribution in [0, 0.1) is 0 Å². The van der Waals surface area contributed by atoms with Crippen molar-refractivity contribution in [3.05, 3.63) is 84.2 Å². The number of carbonyl (C=O) groups is 2. The van der Waals surface area contributed by atoms with Crippen LogP contribution in [0.3, 0.4) is 0 Å². The Balaban J connectivity index is 1.38. The largest absolute Gasteiger partial charge is 0.494 e. The van der Waals surface area contributed by atoms with Gasteiger partial charge in [0.05, 0.1) is 6.61 Å². The maximum absolute atomic E-state index is 13.0. The molecule has 6 nitrogen and oxygen atoms in total. The molecule has 0 radical (unpaired) electrons. The van der Waals surface area contributed by atoms with Crippen molar-refractivity contribution in [1.29, 1.82) is 0 Å². The summed E-state index contributed by atoms with van der Waals surface area (Å²) in [5.74, 6) is 0.761. The Bertz CT molecular complexity index is 1010. The molecule has 2 amide bonds. The number of rotatable bonds is 5. The summed E-state index contributed by atoms with van der Waals surface area (Å²) in [6, 6.07) is 18.8. The average molecular weight is 418 g/mol. The van der Waals surface area contributed by atoms with E-state index in [-0.39, 0.29) is 11.8 Å². The third-order valence-corrected chi connectivity index (χ3v) is 5.50. The number of carbonyl (C=O) groups excluding carboxylic acids is 2. The summed E-state index contributed by atoms with van der Waals surface area (Å²) in [4.78, 5) is 29.6. The molecule has 1 aliphatic heterocycles. The van der Waals surface area contributed by atoms with Crippen LogP contribution in [0.15, 0.2) is 73.1 Å². The van der Waals surface area contributed by atoms with Crippen LogP contribution in [-0.4, -0.2) is 59.0 Å². The van der Waals surface area contributed by atoms with Gasteiger partial charge in [0.15, 0.2) is 0 Å². The van der Waals surface area contributed by atoms with Gasteiger partial charge in [-0.15, -0.1) is 0 Å². The Morgan fingerprint density at radius 2 is 1.29 bits per heavy atom. The molecule has 6 heteroatoms. The number of aromatic nitrogens is 1. The molecule has 0 atom stereocenters. The highest BCUT2D eigenvalue weighted by Crippen LogP contribution is 2.17. The minimum atomic E-state index is -0.00609. The molecule has 0 aliphatic carbocycles. The van der Waals surface area contributed by atoms with Crippen LogP contribution in [0.5, 0.6) is 5.75 Å². The van der Waals surface area contributed by atoms with Gasteiger partial charge in [-0.25, -0.2) is 0 Å². The van der Waals surface area contributed by atoms with E-state index in [4.69, 9.17) is 4.74 Å². The van der Waals surface area contributed by atoms with E-state index in [1.165, 1.54) is 0 Å². The summed E-state index contributed by atoms with van der Waals surface area (Å²) in [5.41, 5.74) is 2.33. The molecule has 1 fully saturated rings. The van der Waals surface area contributed by atoms with Gasteiger partial charge < -0.3 is 19.1 Å². The fourth-order valence-electron chi connectivity index (χ4n) is 3.83. The quantitative estimate of drug-likeness (QED) is 0.633. The van der Waals surface area contributed by atoms with E-state index in [1.807, 2.05) is 82.2 Å². The van der Waals surface area contributed by atoms with E-state index in [9.17, 15) is 9.59 Å². The first-order valence-electron chi connectivity index (χ1n) is 10.7. The molecule has 3 aromatic rings. The van der Waals surface area contributed by atoms with E-state index in [0.29, 0.717) is 43.9 Å². The predicted octanol–water partition coefficient (Wildman–Crippen LogP) is 3.86. The molecule has 31 heavy (non-hydrogen) atoms. The second-order valence-electron chi connectivity index (χ2n) is 7.53. The van der Waals surface area contributed by atoms with Crippen molar-refractivity contribution in [3.8, 4) is 11.4 Å². The SMILES string of the molecule is CCOc1ccc(C(=O)N2CCCN(C(=O)c3ccc(-n4cccc4)cc3)CC2)cc1. The maximum Gasteiger partial charge on any atom is 0.253 e. The van der Waals surface area contributed by atoms with E-state index in [1.54, 1.807) is 12.1 Å². The fourth-order valence-corrected chi connectivity index (χ4v) is 3.83. The number of hydrogen-bond donors (Lipinski definition) is 0. The van der Waals surface area contributed by atoms with E-state index < -0.39 is 0 Å². The molecule has 1 aliphatic rings. The van der Waals surface area contributed by atoms with E-state index in [0.717, 1.165) is 17.9 Å². The van der Waals surface area contributed by atoms with Gasteiger partial charge in [0.1, 0.15) is 5.75 Å². The van der Waals surface area contributed by atoms with E-state index in [2.05, 4.69) is 0 Å². The Morgan fingerprint density at radius 1 is 0.774 bits per heavy atom. The molecule has 2 heterocycles. The molecular weight excluding hydrogens is 390 g/mol. The molecule has 160 valence electrons. The Labute approximate surface area is 182 Å². The number of nitrogens with zero attached hydrogens (tertiary/aromatic N) is 3. The first-order chi connectivity index (χ1) is 15.2. The lowest BCUT2D eigenvalue weighted by atomic mass is 10.1. The highest BCUT2D eigenvalue weighted by Gasteiger charge is 2.23. The van der Waals surface area contributed by atoms with Gasteiger partial charge in [-0.2, -0.15) is 0 Å². The summed E-state index contributed by atoms with van der Waals surface area (Å²) in [7, 11) is 0. The highest BCUT2D eigenvalue weighted by molar-refractivity contribution is 5.95. The van der Waals surface area contributed by atoms with Crippen LogP contribution in [0.4, 0.5) is 0 Å². The van der Waals surface area contributed by atoms with Gasteiger partial charge in [0.25, 0.3) is 11.8 Å². The molecular formula is C25H27N3O3. The van der Waals surface area contributed by atoms with Crippen LogP contribution in [0.2, 0.25) is 0 Å². The first-order valence-corrected chi connectivity index (χ1v) is 10.7. The normalized spacial score (nSPS) is 14.2. The van der Waals surface area contributed by atoms with Crippen molar-refractivity contribution in [2.24, 2.45) is 0 Å². The zero-order chi connectivity index (χ0) is 21.6. The lowest BCUT2D eigenvalue weighted by Crippen LogP contribution is -2.37. The maximum atomic E-state index is 13.0. The van der Waals surface area contributed by atoms with Crippen LogP contribution in [0.25, 0.3) is 5.69 Å². The lowest BCUT2D eigenvalue weighted by molar-refractivity contribution is 0.0718. The van der Waals surface area contributed by atoms with Crippen molar-refractivity contribution in [2.75, 3.05) is 32.8 Å². The van der Waals surface area contributed by atoms with Crippen molar-refractivity contribution in [2.45, 2.75) is 13.3 Å². The number of amides is 2. The number of ether oxygens (including phenoxy) is 1. The number of hydrogen-bond acceptors (Lipinski definition) is 3. The topological polar surface area (TPSA) is 54.8 Å². The molecule has 0 bridgehead atoms. The van der Waals surface area contributed by atoms with Gasteiger partial charge in [0, 0.05) is 55.4 Å². The third kappa shape index (κ3) is 4.79. The van der Waals surface area contributed by atoms with Gasteiger partial charge in [-0.1, -0.05) is 0 Å². The Hall–Kier alpha value is -3.54. The molecule has 1 aromatic heterocycles. The van der Waals surface area contributed by atoms with Gasteiger partial charge in [-0.05, 0) is 74.0 Å². The fraction of sp³-hybridized carbons (Fsp3) is 0.280. The standard InChI is InChI=1S/C25H27N3O3/c1-2-31-23-12-8-21(9-13-23)25(30)28-17-5-16-27(18-19-28)24(29)20-6-10-22(11-7-20)26-14-3-4-15-26/h3-4,6-15H,2,5,16-19H2,1H3. The van der Waals surface area contributed by atoms with Crippen molar-refractivity contribution in [1.82, 2.24) is 14.4 Å². The number of benzene rings is 2. The zero-order valence-electron chi connectivity index (χ0n) is 17.7. The summed E-state index contributed by atoms with van der Waals surface area (Å²) in [6.07, 6.45) is 4.71. The van der Waals surface area contributed by atoms with Gasteiger partial charge in [-0.3, -0.25) is 9.59 Å². The third-order valence-electron chi connectivity index (χ3n) is 5.50. The summed E-state index contributed by atoms with van der Waals surface area (Å²) >= 11 is 0. The molecule has 0 spiro atoms. The van der Waals surface area contributed by atoms with E-state index >= 15 is 0 Å². The van der Waals surface area contributed by atoms with Crippen molar-refractivity contribution >= 4 is 11.8 Å². The van der Waals surface area contributed by atoms with Gasteiger partial charge in [0.2, 0.25) is 0 Å². The van der Waals surface area contributed by atoms with Crippen LogP contribution in [-0.2, 0) is 0 Å². The smallest absolute Gasteiger partial charge is 0.253 e. The summed E-state index contributed by atoms with van der Waals surface area (Å²) < 4.78 is 7.45. The molecule has 0 N–H and O–H groups in total. The summed E-state index contributed by atoms with van der Waals surface area (Å²) in [5, 5.41) is 0. The second kappa shape index (κ2) is 9.51. The highest BCUT2D eigenvalue weighted by atomic mass is 16.5. The Morgan fingerprint density at radius 3 is 1.81 bits per heavy atom. The molecule has 2 aromatic carbocycles. The average Bonchev–Trinajstić information content (AvgIpc) is 3.24. The predicted molar refractivity (Wildman–Crippen MR) is 120 cm³/mol. The zero-order valence-corrected chi connectivity index (χ0v) is 17.7. The van der Waals surface area contributed by atoms with Crippen LogP contribution in [0.1, 0.15) is 34.1 Å². The minimum Gasteiger partial charge on any atom is -0.494 e. The molecule has 4 rings (SSSR count). The van der Waals surface area contributed by atoms with Crippen molar-refractivity contribution in [3.63, 3.8) is 0 Å². The minimum absolute atomic E-state index is 0.00609. The van der Waals surface area contributed by atoms with Crippen LogP contribution >= 0.6 is 0 Å². The van der Waals surface area contributed by atoms with Crippen LogP contribution < -0.4 is 4.74 Å². The molecule has 1 saturated heterocycles. The lowest BCUT2D eigenvalue weighted by Gasteiger charge is -2.22. The summed E-state index contributed by atoms with van der Waals surface area (Å²) in [6.45, 7) is 4.87. The second-order valence-corrected chi connectivity index (χ2v) is 7.53. The Kier molecular flexibility index (Phi) is 6.36. The van der Waals surface area contributed by atoms with Gasteiger partial charge >= 0.3 is 0 Å². The molecule has 0 saturated carbocycles.